The monoisotopic (exact) mass is 474 g/mol. The summed E-state index contributed by atoms with van der Waals surface area (Å²) in [5, 5.41) is 6.85. The van der Waals surface area contributed by atoms with Crippen molar-refractivity contribution >= 4 is 35.1 Å². The lowest BCUT2D eigenvalue weighted by Crippen LogP contribution is -2.29. The van der Waals surface area contributed by atoms with Crippen LogP contribution in [0.4, 0.5) is 23.1 Å². The molecular formula is C27H34N6S. The smallest absolute Gasteiger partial charge is 0.229 e. The van der Waals surface area contributed by atoms with Crippen LogP contribution in [0.1, 0.15) is 50.7 Å². The fourth-order valence-electron chi connectivity index (χ4n) is 4.51. The van der Waals surface area contributed by atoms with Crippen LogP contribution in [0.3, 0.4) is 0 Å². The summed E-state index contributed by atoms with van der Waals surface area (Å²) in [5.74, 6) is 2.29. The Balaban J connectivity index is 1.30. The summed E-state index contributed by atoms with van der Waals surface area (Å²) < 4.78 is 3.50. The SMILES string of the molecule is CC(C)(C)NSc1cccc(N2CCc3cnc(Nc4ccc(C5CCNCC5)cc4)nc32)c1. The van der Waals surface area contributed by atoms with Crippen molar-refractivity contribution in [2.75, 3.05) is 29.9 Å². The number of hydrogen-bond acceptors (Lipinski definition) is 7. The molecule has 2 aliphatic rings. The van der Waals surface area contributed by atoms with Crippen LogP contribution in [-0.2, 0) is 6.42 Å². The van der Waals surface area contributed by atoms with Gasteiger partial charge in [-0.05, 0) is 107 Å². The summed E-state index contributed by atoms with van der Waals surface area (Å²) in [6, 6.07) is 17.4. The first-order valence-corrected chi connectivity index (χ1v) is 13.0. The van der Waals surface area contributed by atoms with E-state index in [1.54, 1.807) is 11.9 Å². The van der Waals surface area contributed by atoms with Crippen molar-refractivity contribution in [3.8, 4) is 0 Å². The summed E-state index contributed by atoms with van der Waals surface area (Å²) >= 11 is 1.67. The minimum Gasteiger partial charge on any atom is -0.326 e. The molecule has 2 aliphatic heterocycles. The summed E-state index contributed by atoms with van der Waals surface area (Å²) in [6.07, 6.45) is 5.34. The molecule has 3 N–H and O–H groups in total. The first-order valence-electron chi connectivity index (χ1n) is 12.2. The van der Waals surface area contributed by atoms with Gasteiger partial charge >= 0.3 is 0 Å². The van der Waals surface area contributed by atoms with Gasteiger partial charge in [-0.2, -0.15) is 4.98 Å². The lowest BCUT2D eigenvalue weighted by molar-refractivity contribution is 0.460. The van der Waals surface area contributed by atoms with Gasteiger partial charge in [0.1, 0.15) is 5.82 Å². The number of hydrogen-bond donors (Lipinski definition) is 3. The van der Waals surface area contributed by atoms with Crippen LogP contribution in [0.15, 0.2) is 59.6 Å². The topological polar surface area (TPSA) is 65.1 Å². The summed E-state index contributed by atoms with van der Waals surface area (Å²) in [5.41, 5.74) is 4.86. The lowest BCUT2D eigenvalue weighted by Gasteiger charge is -2.23. The van der Waals surface area contributed by atoms with Gasteiger partial charge in [-0.1, -0.05) is 18.2 Å². The van der Waals surface area contributed by atoms with Crippen LogP contribution in [0.5, 0.6) is 0 Å². The maximum atomic E-state index is 4.91. The standard InChI is InChI=1S/C27H34N6S/c1-27(2,3)32-34-24-6-4-5-23(17-24)33-16-13-21-18-29-26(31-25(21)33)30-22-9-7-19(8-10-22)20-11-14-28-15-12-20/h4-10,17-18,20,28,32H,11-16H2,1-3H3,(H,29,30,31). The maximum absolute atomic E-state index is 4.91. The molecule has 2 aromatic carbocycles. The molecule has 0 aliphatic carbocycles. The lowest BCUT2D eigenvalue weighted by atomic mass is 9.90. The Morgan fingerprint density at radius 1 is 1.06 bits per heavy atom. The average molecular weight is 475 g/mol. The number of nitrogens with zero attached hydrogens (tertiary/aromatic N) is 3. The fraction of sp³-hybridized carbons (Fsp3) is 0.407. The van der Waals surface area contributed by atoms with E-state index in [4.69, 9.17) is 4.98 Å². The Labute approximate surface area is 207 Å². The Hall–Kier alpha value is -2.61. The third-order valence-electron chi connectivity index (χ3n) is 6.28. The zero-order chi connectivity index (χ0) is 23.5. The van der Waals surface area contributed by atoms with Crippen molar-refractivity contribution in [3.05, 3.63) is 65.9 Å². The Kier molecular flexibility index (Phi) is 6.77. The van der Waals surface area contributed by atoms with Crippen molar-refractivity contribution in [3.63, 3.8) is 0 Å². The van der Waals surface area contributed by atoms with Crippen LogP contribution < -0.4 is 20.3 Å². The van der Waals surface area contributed by atoms with E-state index < -0.39 is 0 Å². The molecule has 1 fully saturated rings. The predicted molar refractivity (Wildman–Crippen MR) is 142 cm³/mol. The summed E-state index contributed by atoms with van der Waals surface area (Å²) in [4.78, 5) is 13.0. The molecule has 3 heterocycles. The van der Waals surface area contributed by atoms with E-state index in [0.717, 1.165) is 43.2 Å². The van der Waals surface area contributed by atoms with E-state index in [1.807, 2.05) is 6.20 Å². The molecule has 0 amide bonds. The molecule has 0 unspecified atom stereocenters. The second kappa shape index (κ2) is 9.94. The van der Waals surface area contributed by atoms with Gasteiger partial charge in [0.15, 0.2) is 0 Å². The molecule has 0 atom stereocenters. The molecule has 0 spiro atoms. The second-order valence-electron chi connectivity index (χ2n) is 10.2. The Morgan fingerprint density at radius 2 is 1.85 bits per heavy atom. The zero-order valence-corrected chi connectivity index (χ0v) is 21.1. The molecule has 5 rings (SSSR count). The van der Waals surface area contributed by atoms with Gasteiger partial charge in [-0.15, -0.1) is 0 Å². The van der Waals surface area contributed by atoms with E-state index in [-0.39, 0.29) is 5.54 Å². The van der Waals surface area contributed by atoms with E-state index in [2.05, 4.69) is 94.5 Å². The normalized spacial score (nSPS) is 16.5. The minimum absolute atomic E-state index is 0.0561. The van der Waals surface area contributed by atoms with E-state index in [0.29, 0.717) is 11.9 Å². The zero-order valence-electron chi connectivity index (χ0n) is 20.3. The number of nitrogens with one attached hydrogen (secondary N) is 3. The van der Waals surface area contributed by atoms with Crippen molar-refractivity contribution < 1.29 is 0 Å². The molecule has 34 heavy (non-hydrogen) atoms. The van der Waals surface area contributed by atoms with Crippen molar-refractivity contribution in [1.82, 2.24) is 20.0 Å². The summed E-state index contributed by atoms with van der Waals surface area (Å²) in [6.45, 7) is 9.66. The molecular weight excluding hydrogens is 440 g/mol. The van der Waals surface area contributed by atoms with Crippen LogP contribution in [0.25, 0.3) is 0 Å². The van der Waals surface area contributed by atoms with Crippen LogP contribution in [0, 0.1) is 0 Å². The van der Waals surface area contributed by atoms with Gasteiger partial charge in [0.2, 0.25) is 5.95 Å². The van der Waals surface area contributed by atoms with Gasteiger partial charge in [0.05, 0.1) is 0 Å². The molecule has 1 saturated heterocycles. The van der Waals surface area contributed by atoms with Crippen LogP contribution in [-0.4, -0.2) is 35.1 Å². The highest BCUT2D eigenvalue weighted by atomic mass is 32.2. The quantitative estimate of drug-likeness (QED) is 0.392. The van der Waals surface area contributed by atoms with E-state index in [1.165, 1.54) is 28.9 Å². The molecule has 1 aromatic heterocycles. The molecule has 178 valence electrons. The molecule has 3 aromatic rings. The maximum Gasteiger partial charge on any atom is 0.229 e. The molecule has 0 saturated carbocycles. The van der Waals surface area contributed by atoms with Gasteiger partial charge < -0.3 is 15.5 Å². The van der Waals surface area contributed by atoms with Gasteiger partial charge in [-0.3, -0.25) is 4.72 Å². The number of fused-ring (bicyclic) bond motifs is 1. The number of piperidine rings is 1. The molecule has 0 radical (unpaired) electrons. The minimum atomic E-state index is 0.0561. The molecule has 0 bridgehead atoms. The molecule has 6 nitrogen and oxygen atoms in total. The summed E-state index contributed by atoms with van der Waals surface area (Å²) in [7, 11) is 0. The predicted octanol–water partition coefficient (Wildman–Crippen LogP) is 5.78. The first kappa shape index (κ1) is 23.1. The van der Waals surface area contributed by atoms with Crippen molar-refractivity contribution in [1.29, 1.82) is 0 Å². The number of rotatable bonds is 6. The fourth-order valence-corrected chi connectivity index (χ4v) is 5.26. The number of anilines is 4. The number of benzene rings is 2. The van der Waals surface area contributed by atoms with Gasteiger partial charge in [0.25, 0.3) is 0 Å². The largest absolute Gasteiger partial charge is 0.326 e. The molecule has 7 heteroatoms. The van der Waals surface area contributed by atoms with Gasteiger partial charge in [-0.25, -0.2) is 4.98 Å². The Bertz CT molecular complexity index is 1120. The van der Waals surface area contributed by atoms with Gasteiger partial charge in [0, 0.05) is 40.1 Å². The first-order chi connectivity index (χ1) is 16.4. The van der Waals surface area contributed by atoms with Crippen LogP contribution in [0.2, 0.25) is 0 Å². The highest BCUT2D eigenvalue weighted by Gasteiger charge is 2.24. The third-order valence-corrected chi connectivity index (χ3v) is 7.49. The van der Waals surface area contributed by atoms with E-state index in [9.17, 15) is 0 Å². The van der Waals surface area contributed by atoms with Crippen LogP contribution >= 0.6 is 11.9 Å². The number of aromatic nitrogens is 2. The van der Waals surface area contributed by atoms with Crippen molar-refractivity contribution in [2.24, 2.45) is 0 Å². The Morgan fingerprint density at radius 3 is 2.62 bits per heavy atom. The highest BCUT2D eigenvalue weighted by Crippen LogP contribution is 2.35. The van der Waals surface area contributed by atoms with E-state index >= 15 is 0 Å². The highest BCUT2D eigenvalue weighted by molar-refractivity contribution is 7.97. The second-order valence-corrected chi connectivity index (χ2v) is 11.0. The average Bonchev–Trinajstić information content (AvgIpc) is 3.27. The van der Waals surface area contributed by atoms with Crippen molar-refractivity contribution in [2.45, 2.75) is 56.4 Å². The third kappa shape index (κ3) is 5.54.